The molecular formula is C23H18F3N5OS. The fourth-order valence-corrected chi connectivity index (χ4v) is 4.84. The number of aromatic amines is 1. The summed E-state index contributed by atoms with van der Waals surface area (Å²) in [5.41, 5.74) is 0.177. The molecule has 6 nitrogen and oxygen atoms in total. The van der Waals surface area contributed by atoms with E-state index in [9.17, 15) is 18.0 Å². The number of hydrogen-bond acceptors (Lipinski definition) is 5. The number of nitrogens with zero attached hydrogens (tertiary/aromatic N) is 4. The number of para-hydroxylation sites is 2. The predicted octanol–water partition coefficient (Wildman–Crippen LogP) is 5.49. The monoisotopic (exact) mass is 469 g/mol. The van der Waals surface area contributed by atoms with Crippen molar-refractivity contribution in [2.75, 3.05) is 6.54 Å². The first-order chi connectivity index (χ1) is 15.8. The van der Waals surface area contributed by atoms with Gasteiger partial charge in [0.15, 0.2) is 5.69 Å². The number of H-pyrrole nitrogens is 1. The maximum Gasteiger partial charge on any atom is 0.433 e. The van der Waals surface area contributed by atoms with Crippen molar-refractivity contribution in [1.29, 1.82) is 0 Å². The standard InChI is InChI=1S/C23H18F3N5OS/c1-13(27-11-10-14-12-28-16-7-3-2-6-15(14)16)19-20(23(24,25)26)30-31(21(19)32)22-29-17-8-4-5-9-18(17)33-22/h2-9,12,14,30H,10-11H2,1H3. The molecule has 1 aliphatic rings. The Balaban J connectivity index is 1.46. The Hall–Kier alpha value is -3.53. The number of thiazole rings is 1. The molecule has 1 atom stereocenters. The van der Waals surface area contributed by atoms with E-state index in [1.165, 1.54) is 6.92 Å². The second-order valence-electron chi connectivity index (χ2n) is 7.66. The molecule has 10 heteroatoms. The average Bonchev–Trinajstić information content (AvgIpc) is 3.48. The largest absolute Gasteiger partial charge is 0.433 e. The van der Waals surface area contributed by atoms with E-state index >= 15 is 0 Å². The van der Waals surface area contributed by atoms with Gasteiger partial charge in [0.05, 0.1) is 21.5 Å². The van der Waals surface area contributed by atoms with Gasteiger partial charge in [-0.3, -0.25) is 19.9 Å². The highest BCUT2D eigenvalue weighted by molar-refractivity contribution is 7.20. The summed E-state index contributed by atoms with van der Waals surface area (Å²) in [6, 6.07) is 14.9. The Morgan fingerprint density at radius 2 is 1.94 bits per heavy atom. The van der Waals surface area contributed by atoms with E-state index in [2.05, 4.69) is 20.1 Å². The van der Waals surface area contributed by atoms with Crippen LogP contribution in [0.5, 0.6) is 0 Å². The van der Waals surface area contributed by atoms with E-state index in [4.69, 9.17) is 0 Å². The van der Waals surface area contributed by atoms with E-state index in [1.807, 2.05) is 30.5 Å². The summed E-state index contributed by atoms with van der Waals surface area (Å²) in [5.74, 6) is 0.0467. The van der Waals surface area contributed by atoms with Crippen LogP contribution in [0.3, 0.4) is 0 Å². The number of alkyl halides is 3. The van der Waals surface area contributed by atoms with Crippen LogP contribution < -0.4 is 5.56 Å². The van der Waals surface area contributed by atoms with Crippen molar-refractivity contribution in [1.82, 2.24) is 14.8 Å². The van der Waals surface area contributed by atoms with Gasteiger partial charge in [0, 0.05) is 24.4 Å². The second kappa shape index (κ2) is 8.11. The zero-order chi connectivity index (χ0) is 23.2. The van der Waals surface area contributed by atoms with Gasteiger partial charge in [0.2, 0.25) is 5.13 Å². The van der Waals surface area contributed by atoms with Crippen molar-refractivity contribution in [2.45, 2.75) is 25.4 Å². The number of benzene rings is 2. The molecule has 4 aromatic rings. The lowest BCUT2D eigenvalue weighted by atomic mass is 9.98. The molecule has 0 amide bonds. The third kappa shape index (κ3) is 3.91. The zero-order valence-electron chi connectivity index (χ0n) is 17.4. The van der Waals surface area contributed by atoms with Gasteiger partial charge in [-0.1, -0.05) is 41.7 Å². The molecular weight excluding hydrogens is 451 g/mol. The highest BCUT2D eigenvalue weighted by atomic mass is 32.1. The number of aliphatic imine (C=N–C) groups is 2. The van der Waals surface area contributed by atoms with Crippen molar-refractivity contribution in [3.63, 3.8) is 0 Å². The summed E-state index contributed by atoms with van der Waals surface area (Å²) in [6.07, 6.45) is -2.34. The van der Waals surface area contributed by atoms with Crippen LogP contribution in [0.1, 0.15) is 36.1 Å². The second-order valence-corrected chi connectivity index (χ2v) is 8.67. The third-order valence-corrected chi connectivity index (χ3v) is 6.55. The lowest BCUT2D eigenvalue weighted by molar-refractivity contribution is -0.141. The van der Waals surface area contributed by atoms with E-state index < -0.39 is 23.0 Å². The SMILES string of the molecule is CC(=NCCC1C=Nc2ccccc21)c1c(C(F)(F)F)[nH]n(-c2nc3ccccc3s2)c1=O. The third-order valence-electron chi connectivity index (χ3n) is 5.53. The molecule has 1 unspecified atom stereocenters. The van der Waals surface area contributed by atoms with Crippen LogP contribution in [-0.4, -0.2) is 33.2 Å². The Bertz CT molecular complexity index is 1430. The van der Waals surface area contributed by atoms with Gasteiger partial charge in [-0.2, -0.15) is 17.9 Å². The minimum atomic E-state index is -4.75. The Kier molecular flexibility index (Phi) is 5.24. The summed E-state index contributed by atoms with van der Waals surface area (Å²) in [7, 11) is 0. The topological polar surface area (TPSA) is 75.4 Å². The summed E-state index contributed by atoms with van der Waals surface area (Å²) in [5, 5.41) is 2.36. The van der Waals surface area contributed by atoms with Crippen LogP contribution in [-0.2, 0) is 6.18 Å². The van der Waals surface area contributed by atoms with E-state index in [-0.39, 0.29) is 23.3 Å². The van der Waals surface area contributed by atoms with Crippen molar-refractivity contribution >= 4 is 39.2 Å². The van der Waals surface area contributed by atoms with Crippen molar-refractivity contribution in [2.24, 2.45) is 9.98 Å². The number of aromatic nitrogens is 3. The van der Waals surface area contributed by atoms with Crippen molar-refractivity contribution in [3.8, 4) is 5.13 Å². The van der Waals surface area contributed by atoms with Crippen LogP contribution >= 0.6 is 11.3 Å². The molecule has 1 N–H and O–H groups in total. The van der Waals surface area contributed by atoms with Crippen molar-refractivity contribution in [3.05, 3.63) is 75.7 Å². The zero-order valence-corrected chi connectivity index (χ0v) is 18.2. The molecule has 33 heavy (non-hydrogen) atoms. The maximum absolute atomic E-state index is 13.8. The maximum atomic E-state index is 13.8. The molecule has 0 radical (unpaired) electrons. The van der Waals surface area contributed by atoms with Crippen molar-refractivity contribution < 1.29 is 13.2 Å². The van der Waals surface area contributed by atoms with Gasteiger partial charge in [0.1, 0.15) is 0 Å². The van der Waals surface area contributed by atoms with Gasteiger partial charge < -0.3 is 0 Å². The summed E-state index contributed by atoms with van der Waals surface area (Å²) in [6.45, 7) is 1.69. The summed E-state index contributed by atoms with van der Waals surface area (Å²) < 4.78 is 43.0. The molecule has 2 aromatic carbocycles. The Morgan fingerprint density at radius 3 is 2.73 bits per heavy atom. The molecule has 2 aromatic heterocycles. The molecule has 0 fully saturated rings. The molecule has 0 saturated carbocycles. The van der Waals surface area contributed by atoms with E-state index in [0.717, 1.165) is 32.0 Å². The number of nitrogens with one attached hydrogen (secondary N) is 1. The first kappa shape index (κ1) is 21.3. The van der Waals surface area contributed by atoms with E-state index in [0.29, 0.717) is 11.9 Å². The molecule has 1 aliphatic heterocycles. The number of halogens is 3. The fraction of sp³-hybridized carbons (Fsp3) is 0.217. The highest BCUT2D eigenvalue weighted by Gasteiger charge is 2.39. The minimum absolute atomic E-state index is 0.0339. The van der Waals surface area contributed by atoms with Gasteiger partial charge >= 0.3 is 6.18 Å². The summed E-state index contributed by atoms with van der Waals surface area (Å²) >= 11 is 1.14. The van der Waals surface area contributed by atoms with Gasteiger partial charge in [-0.15, -0.1) is 0 Å². The van der Waals surface area contributed by atoms with Crippen LogP contribution in [0.15, 0.2) is 63.3 Å². The van der Waals surface area contributed by atoms with Crippen LogP contribution in [0, 0.1) is 0 Å². The number of rotatable bonds is 5. The van der Waals surface area contributed by atoms with Gasteiger partial charge in [-0.25, -0.2) is 4.98 Å². The molecule has 3 heterocycles. The molecule has 168 valence electrons. The minimum Gasteiger partial charge on any atom is -0.289 e. The normalized spacial score (nSPS) is 16.0. The first-order valence-electron chi connectivity index (χ1n) is 10.3. The van der Waals surface area contributed by atoms with Gasteiger partial charge in [0.25, 0.3) is 5.56 Å². The lowest BCUT2D eigenvalue weighted by Crippen LogP contribution is -2.21. The quantitative estimate of drug-likeness (QED) is 0.392. The summed E-state index contributed by atoms with van der Waals surface area (Å²) in [4.78, 5) is 26.0. The van der Waals surface area contributed by atoms with Crippen LogP contribution in [0.2, 0.25) is 0 Å². The molecule has 0 saturated heterocycles. The lowest BCUT2D eigenvalue weighted by Gasteiger charge is -2.08. The molecule has 5 rings (SSSR count). The average molecular weight is 469 g/mol. The molecule has 0 aliphatic carbocycles. The van der Waals surface area contributed by atoms with Crippen LogP contribution in [0.25, 0.3) is 15.3 Å². The molecule has 0 spiro atoms. The van der Waals surface area contributed by atoms with E-state index in [1.54, 1.807) is 24.3 Å². The number of fused-ring (bicyclic) bond motifs is 2. The first-order valence-corrected chi connectivity index (χ1v) is 11.1. The predicted molar refractivity (Wildman–Crippen MR) is 124 cm³/mol. The Labute approximate surface area is 190 Å². The van der Waals surface area contributed by atoms with Gasteiger partial charge in [-0.05, 0) is 37.1 Å². The van der Waals surface area contributed by atoms with Crippen LogP contribution in [0.4, 0.5) is 18.9 Å². The highest BCUT2D eigenvalue weighted by Crippen LogP contribution is 2.34. The smallest absolute Gasteiger partial charge is 0.289 e. The molecule has 0 bridgehead atoms. The fourth-order valence-electron chi connectivity index (χ4n) is 3.92. The Morgan fingerprint density at radius 1 is 1.18 bits per heavy atom. The number of hydrogen-bond donors (Lipinski definition) is 1.